The lowest BCUT2D eigenvalue weighted by Gasteiger charge is -2.26. The molecule has 1 heterocycles. The highest BCUT2D eigenvalue weighted by molar-refractivity contribution is 6.35. The van der Waals surface area contributed by atoms with Gasteiger partial charge in [0.1, 0.15) is 12.9 Å². The summed E-state index contributed by atoms with van der Waals surface area (Å²) in [5.74, 6) is -0.115. The SMILES string of the molecule is CC(c1ccc(Cl)cc1Cl)N(C)C(=O)Cn1cnnn1. The second-order valence-corrected chi connectivity index (χ2v) is 5.20. The van der Waals surface area contributed by atoms with Gasteiger partial charge in [0.2, 0.25) is 5.91 Å². The van der Waals surface area contributed by atoms with E-state index in [1.807, 2.05) is 13.0 Å². The van der Waals surface area contributed by atoms with Crippen molar-refractivity contribution in [3.05, 3.63) is 40.1 Å². The predicted octanol–water partition coefficient (Wildman–Crippen LogP) is 2.20. The van der Waals surface area contributed by atoms with Crippen LogP contribution in [0.3, 0.4) is 0 Å². The van der Waals surface area contributed by atoms with Crippen molar-refractivity contribution < 1.29 is 4.79 Å². The van der Waals surface area contributed by atoms with E-state index >= 15 is 0 Å². The summed E-state index contributed by atoms with van der Waals surface area (Å²) in [6.07, 6.45) is 1.39. The summed E-state index contributed by atoms with van der Waals surface area (Å²) in [5, 5.41) is 11.7. The van der Waals surface area contributed by atoms with E-state index in [4.69, 9.17) is 23.2 Å². The second kappa shape index (κ2) is 6.19. The molecule has 0 saturated carbocycles. The number of likely N-dealkylation sites (N-methyl/N-ethyl adjacent to an activating group) is 1. The number of tetrazole rings is 1. The Bertz CT molecular complexity index is 602. The minimum absolute atomic E-state index is 0.0824. The number of carbonyl (C=O) groups excluding carboxylic acids is 1. The van der Waals surface area contributed by atoms with E-state index in [9.17, 15) is 4.79 Å². The molecular formula is C12H13Cl2N5O. The molecule has 106 valence electrons. The van der Waals surface area contributed by atoms with Crippen LogP contribution in [0.15, 0.2) is 24.5 Å². The summed E-state index contributed by atoms with van der Waals surface area (Å²) in [6.45, 7) is 1.98. The third-order valence-electron chi connectivity index (χ3n) is 3.08. The standard InChI is InChI=1S/C12H13Cl2N5O/c1-8(10-4-3-9(13)5-11(10)14)18(2)12(20)6-19-7-15-16-17-19/h3-5,7-8H,6H2,1-2H3. The first-order valence-corrected chi connectivity index (χ1v) is 6.66. The minimum Gasteiger partial charge on any atom is -0.337 e. The van der Waals surface area contributed by atoms with E-state index in [0.29, 0.717) is 10.0 Å². The number of hydrogen-bond donors (Lipinski definition) is 0. The van der Waals surface area contributed by atoms with Crippen LogP contribution in [-0.4, -0.2) is 38.1 Å². The molecule has 0 saturated heterocycles. The van der Waals surface area contributed by atoms with Crippen LogP contribution in [0.25, 0.3) is 0 Å². The Morgan fingerprint density at radius 1 is 1.45 bits per heavy atom. The molecule has 0 aliphatic rings. The van der Waals surface area contributed by atoms with Gasteiger partial charge in [0.15, 0.2) is 0 Å². The normalized spacial score (nSPS) is 12.2. The van der Waals surface area contributed by atoms with E-state index in [-0.39, 0.29) is 18.5 Å². The van der Waals surface area contributed by atoms with Crippen molar-refractivity contribution in [2.75, 3.05) is 7.05 Å². The Morgan fingerprint density at radius 2 is 2.20 bits per heavy atom. The maximum atomic E-state index is 12.1. The lowest BCUT2D eigenvalue weighted by atomic mass is 10.1. The van der Waals surface area contributed by atoms with Crippen LogP contribution in [0.2, 0.25) is 10.0 Å². The molecule has 8 heteroatoms. The number of benzene rings is 1. The fourth-order valence-electron chi connectivity index (χ4n) is 1.77. The Kier molecular flexibility index (Phi) is 4.57. The molecule has 0 N–H and O–H groups in total. The largest absolute Gasteiger partial charge is 0.337 e. The van der Waals surface area contributed by atoms with Gasteiger partial charge in [0.05, 0.1) is 6.04 Å². The van der Waals surface area contributed by atoms with Gasteiger partial charge >= 0.3 is 0 Å². The van der Waals surface area contributed by atoms with Gasteiger partial charge < -0.3 is 4.90 Å². The van der Waals surface area contributed by atoms with E-state index in [2.05, 4.69) is 15.5 Å². The molecule has 2 rings (SSSR count). The first-order chi connectivity index (χ1) is 9.49. The Labute approximate surface area is 126 Å². The van der Waals surface area contributed by atoms with Crippen molar-refractivity contribution >= 4 is 29.1 Å². The number of hydrogen-bond acceptors (Lipinski definition) is 4. The molecule has 0 spiro atoms. The van der Waals surface area contributed by atoms with Crippen molar-refractivity contribution in [3.8, 4) is 0 Å². The monoisotopic (exact) mass is 313 g/mol. The first kappa shape index (κ1) is 14.7. The molecule has 1 amide bonds. The molecule has 1 aromatic carbocycles. The van der Waals surface area contributed by atoms with Gasteiger partial charge in [-0.3, -0.25) is 4.79 Å². The van der Waals surface area contributed by atoms with Crippen LogP contribution in [0.4, 0.5) is 0 Å². The van der Waals surface area contributed by atoms with E-state index < -0.39 is 0 Å². The van der Waals surface area contributed by atoms with Crippen LogP contribution < -0.4 is 0 Å². The Morgan fingerprint density at radius 3 is 2.80 bits per heavy atom. The molecule has 0 aliphatic carbocycles. The number of nitrogens with zero attached hydrogens (tertiary/aromatic N) is 5. The molecule has 0 fully saturated rings. The van der Waals surface area contributed by atoms with Crippen molar-refractivity contribution in [3.63, 3.8) is 0 Å². The lowest BCUT2D eigenvalue weighted by molar-refractivity contribution is -0.132. The average Bonchev–Trinajstić information content (AvgIpc) is 2.90. The summed E-state index contributed by atoms with van der Waals surface area (Å²) in [6, 6.07) is 5.05. The van der Waals surface area contributed by atoms with E-state index in [1.54, 1.807) is 24.1 Å². The third kappa shape index (κ3) is 3.26. The maximum Gasteiger partial charge on any atom is 0.244 e. The highest BCUT2D eigenvalue weighted by atomic mass is 35.5. The highest BCUT2D eigenvalue weighted by Crippen LogP contribution is 2.29. The van der Waals surface area contributed by atoms with Gasteiger partial charge in [-0.15, -0.1) is 5.10 Å². The molecule has 0 radical (unpaired) electrons. The summed E-state index contributed by atoms with van der Waals surface area (Å²) >= 11 is 12.0. The van der Waals surface area contributed by atoms with Crippen LogP contribution in [-0.2, 0) is 11.3 Å². The van der Waals surface area contributed by atoms with Crippen molar-refractivity contribution in [1.29, 1.82) is 0 Å². The maximum absolute atomic E-state index is 12.1. The summed E-state index contributed by atoms with van der Waals surface area (Å²) in [5.41, 5.74) is 0.837. The number of carbonyl (C=O) groups is 1. The number of halogens is 2. The Balaban J connectivity index is 2.11. The van der Waals surface area contributed by atoms with Crippen LogP contribution in [0.1, 0.15) is 18.5 Å². The van der Waals surface area contributed by atoms with Gasteiger partial charge in [-0.25, -0.2) is 4.68 Å². The molecule has 1 atom stereocenters. The predicted molar refractivity (Wildman–Crippen MR) is 75.5 cm³/mol. The van der Waals surface area contributed by atoms with Crippen molar-refractivity contribution in [2.45, 2.75) is 19.5 Å². The zero-order valence-corrected chi connectivity index (χ0v) is 12.5. The molecule has 1 unspecified atom stereocenters. The fraction of sp³-hybridized carbons (Fsp3) is 0.333. The van der Waals surface area contributed by atoms with Gasteiger partial charge in [0.25, 0.3) is 0 Å². The fourth-order valence-corrected chi connectivity index (χ4v) is 2.33. The summed E-state index contributed by atoms with van der Waals surface area (Å²) in [4.78, 5) is 13.7. The first-order valence-electron chi connectivity index (χ1n) is 5.90. The number of rotatable bonds is 4. The number of amides is 1. The highest BCUT2D eigenvalue weighted by Gasteiger charge is 2.20. The summed E-state index contributed by atoms with van der Waals surface area (Å²) < 4.78 is 1.37. The Hall–Kier alpha value is -1.66. The topological polar surface area (TPSA) is 63.9 Å². The lowest BCUT2D eigenvalue weighted by Crippen LogP contribution is -2.32. The van der Waals surface area contributed by atoms with Crippen LogP contribution in [0.5, 0.6) is 0 Å². The van der Waals surface area contributed by atoms with Gasteiger partial charge in [-0.2, -0.15) is 0 Å². The molecule has 2 aromatic rings. The molecule has 6 nitrogen and oxygen atoms in total. The number of aromatic nitrogens is 4. The summed E-state index contributed by atoms with van der Waals surface area (Å²) in [7, 11) is 1.71. The molecule has 0 bridgehead atoms. The third-order valence-corrected chi connectivity index (χ3v) is 3.64. The zero-order chi connectivity index (χ0) is 14.7. The smallest absolute Gasteiger partial charge is 0.244 e. The zero-order valence-electron chi connectivity index (χ0n) is 11.0. The van der Waals surface area contributed by atoms with Crippen molar-refractivity contribution in [1.82, 2.24) is 25.1 Å². The minimum atomic E-state index is -0.177. The van der Waals surface area contributed by atoms with Crippen molar-refractivity contribution in [2.24, 2.45) is 0 Å². The molecular weight excluding hydrogens is 301 g/mol. The van der Waals surface area contributed by atoms with Gasteiger partial charge in [-0.1, -0.05) is 29.3 Å². The molecule has 0 aliphatic heterocycles. The second-order valence-electron chi connectivity index (χ2n) is 4.35. The van der Waals surface area contributed by atoms with Gasteiger partial charge in [-0.05, 0) is 35.0 Å². The van der Waals surface area contributed by atoms with E-state index in [0.717, 1.165) is 5.56 Å². The van der Waals surface area contributed by atoms with Crippen LogP contribution in [0, 0.1) is 0 Å². The quantitative estimate of drug-likeness (QED) is 0.868. The van der Waals surface area contributed by atoms with Gasteiger partial charge in [0, 0.05) is 17.1 Å². The molecule has 20 heavy (non-hydrogen) atoms. The molecule has 1 aromatic heterocycles. The average molecular weight is 314 g/mol. The van der Waals surface area contributed by atoms with Crippen LogP contribution >= 0.6 is 23.2 Å². The van der Waals surface area contributed by atoms with E-state index in [1.165, 1.54) is 11.0 Å².